The van der Waals surface area contributed by atoms with Crippen LogP contribution in [0.15, 0.2) is 30.3 Å². The summed E-state index contributed by atoms with van der Waals surface area (Å²) in [5.41, 5.74) is 4.50. The summed E-state index contributed by atoms with van der Waals surface area (Å²) in [5, 5.41) is 12.6. The van der Waals surface area contributed by atoms with Crippen LogP contribution in [0.4, 0.5) is 11.5 Å². The Morgan fingerprint density at radius 2 is 1.84 bits per heavy atom. The first-order valence-corrected chi connectivity index (χ1v) is 11.8. The Kier molecular flexibility index (Phi) is 6.68. The molecule has 1 N–H and O–H groups in total. The zero-order chi connectivity index (χ0) is 22.7. The molecule has 0 spiro atoms. The fourth-order valence-corrected chi connectivity index (χ4v) is 4.61. The van der Waals surface area contributed by atoms with E-state index in [1.165, 1.54) is 11.1 Å². The summed E-state index contributed by atoms with van der Waals surface area (Å²) in [6, 6.07) is 10.5. The van der Waals surface area contributed by atoms with Gasteiger partial charge in [-0.3, -0.25) is 0 Å². The quantitative estimate of drug-likeness (QED) is 0.524. The molecule has 170 valence electrons. The molecule has 6 nitrogen and oxygen atoms in total. The van der Waals surface area contributed by atoms with Crippen LogP contribution in [0.3, 0.4) is 0 Å². The number of anilines is 2. The normalized spacial score (nSPS) is 13.3. The van der Waals surface area contributed by atoms with Crippen LogP contribution >= 0.6 is 0 Å². The molecule has 0 bridgehead atoms. The van der Waals surface area contributed by atoms with E-state index in [-0.39, 0.29) is 5.75 Å². The van der Waals surface area contributed by atoms with E-state index in [9.17, 15) is 5.11 Å². The van der Waals surface area contributed by atoms with E-state index in [1.54, 1.807) is 0 Å². The second-order valence-electron chi connectivity index (χ2n) is 8.54. The van der Waals surface area contributed by atoms with Gasteiger partial charge in [-0.1, -0.05) is 31.5 Å². The molecule has 32 heavy (non-hydrogen) atoms. The van der Waals surface area contributed by atoms with Gasteiger partial charge in [-0.05, 0) is 50.6 Å². The molecule has 0 amide bonds. The number of aromatic hydroxyl groups is 1. The minimum absolute atomic E-state index is 0.289. The SMILES string of the molecule is CCCN(CCC)c1nc(OCC)nc2c1CCN(c1cc(O)cc3ccc(C)cc13)C2. The third kappa shape index (κ3) is 4.45. The van der Waals surface area contributed by atoms with Crippen molar-refractivity contribution in [3.8, 4) is 11.8 Å². The van der Waals surface area contributed by atoms with Gasteiger partial charge in [0.1, 0.15) is 11.6 Å². The highest BCUT2D eigenvalue weighted by Gasteiger charge is 2.26. The summed E-state index contributed by atoms with van der Waals surface area (Å²) < 4.78 is 5.76. The molecule has 2 heterocycles. The summed E-state index contributed by atoms with van der Waals surface area (Å²) in [7, 11) is 0. The molecule has 0 saturated carbocycles. The van der Waals surface area contributed by atoms with Gasteiger partial charge >= 0.3 is 6.01 Å². The second kappa shape index (κ2) is 9.63. The lowest BCUT2D eigenvalue weighted by Crippen LogP contribution is -2.35. The van der Waals surface area contributed by atoms with E-state index < -0.39 is 0 Å². The Hall–Kier alpha value is -3.02. The van der Waals surface area contributed by atoms with Crippen LogP contribution in [0.25, 0.3) is 10.8 Å². The Bertz CT molecular complexity index is 1090. The third-order valence-electron chi connectivity index (χ3n) is 6.00. The predicted octanol–water partition coefficient (Wildman–Crippen LogP) is 5.23. The molecular weight excluding hydrogens is 400 g/mol. The van der Waals surface area contributed by atoms with Crippen molar-refractivity contribution in [2.24, 2.45) is 0 Å². The molecule has 1 aliphatic rings. The lowest BCUT2D eigenvalue weighted by atomic mass is 10.0. The first-order chi connectivity index (χ1) is 15.5. The van der Waals surface area contributed by atoms with E-state index >= 15 is 0 Å². The van der Waals surface area contributed by atoms with Crippen molar-refractivity contribution in [3.05, 3.63) is 47.2 Å². The van der Waals surface area contributed by atoms with E-state index in [0.29, 0.717) is 19.2 Å². The van der Waals surface area contributed by atoms with E-state index in [2.05, 4.69) is 48.8 Å². The van der Waals surface area contributed by atoms with Crippen LogP contribution in [0, 0.1) is 6.92 Å². The standard InChI is InChI=1S/C26H34N4O2/c1-5-11-29(12-6-2)25-21-10-13-30(17-23(21)27-26(28-25)32-7-3)24-16-20(31)15-19-9-8-18(4)14-22(19)24/h8-9,14-16,31H,5-7,10-13,17H2,1-4H3. The second-order valence-corrected chi connectivity index (χ2v) is 8.54. The molecule has 0 saturated heterocycles. The minimum Gasteiger partial charge on any atom is -0.508 e. The lowest BCUT2D eigenvalue weighted by Gasteiger charge is -2.34. The van der Waals surface area contributed by atoms with Crippen molar-refractivity contribution < 1.29 is 9.84 Å². The third-order valence-corrected chi connectivity index (χ3v) is 6.00. The molecule has 1 aliphatic heterocycles. The maximum absolute atomic E-state index is 10.4. The first-order valence-electron chi connectivity index (χ1n) is 11.8. The van der Waals surface area contributed by atoms with E-state index in [0.717, 1.165) is 66.9 Å². The number of rotatable bonds is 8. The van der Waals surface area contributed by atoms with E-state index in [4.69, 9.17) is 14.7 Å². The maximum Gasteiger partial charge on any atom is 0.318 e. The number of phenols is 1. The van der Waals surface area contributed by atoms with Gasteiger partial charge in [0, 0.05) is 42.3 Å². The van der Waals surface area contributed by atoms with Gasteiger partial charge in [0.15, 0.2) is 0 Å². The fourth-order valence-electron chi connectivity index (χ4n) is 4.61. The number of benzene rings is 2. The summed E-state index contributed by atoms with van der Waals surface area (Å²) in [5.74, 6) is 1.32. The van der Waals surface area contributed by atoms with Gasteiger partial charge in [-0.2, -0.15) is 9.97 Å². The molecule has 1 aromatic heterocycles. The topological polar surface area (TPSA) is 61.7 Å². The highest BCUT2D eigenvalue weighted by Crippen LogP contribution is 2.36. The summed E-state index contributed by atoms with van der Waals surface area (Å²) in [6.45, 7) is 12.5. The summed E-state index contributed by atoms with van der Waals surface area (Å²) in [6.07, 6.45) is 3.01. The molecule has 2 aromatic carbocycles. The van der Waals surface area contributed by atoms with Gasteiger partial charge in [0.05, 0.1) is 18.8 Å². The van der Waals surface area contributed by atoms with Crippen molar-refractivity contribution >= 4 is 22.3 Å². The molecular formula is C26H34N4O2. The Labute approximate surface area is 190 Å². The van der Waals surface area contributed by atoms with Gasteiger partial charge in [0.25, 0.3) is 0 Å². The van der Waals surface area contributed by atoms with Crippen LogP contribution in [0.1, 0.15) is 50.4 Å². The van der Waals surface area contributed by atoms with Gasteiger partial charge in [0.2, 0.25) is 0 Å². The van der Waals surface area contributed by atoms with Crippen molar-refractivity contribution in [1.82, 2.24) is 9.97 Å². The molecule has 0 atom stereocenters. The molecule has 0 radical (unpaired) electrons. The molecule has 6 heteroatoms. The highest BCUT2D eigenvalue weighted by molar-refractivity contribution is 5.96. The van der Waals surface area contributed by atoms with Crippen molar-refractivity contribution in [2.75, 3.05) is 36.0 Å². The number of aromatic nitrogens is 2. The average Bonchev–Trinajstić information content (AvgIpc) is 2.78. The molecule has 0 aliphatic carbocycles. The summed E-state index contributed by atoms with van der Waals surface area (Å²) in [4.78, 5) is 14.3. The minimum atomic E-state index is 0.289. The number of ether oxygens (including phenoxy) is 1. The van der Waals surface area contributed by atoms with Gasteiger partial charge in [-0.15, -0.1) is 0 Å². The van der Waals surface area contributed by atoms with Crippen LogP contribution in [-0.4, -0.2) is 41.3 Å². The van der Waals surface area contributed by atoms with Crippen LogP contribution in [-0.2, 0) is 13.0 Å². The smallest absolute Gasteiger partial charge is 0.318 e. The van der Waals surface area contributed by atoms with Crippen LogP contribution < -0.4 is 14.5 Å². The summed E-state index contributed by atoms with van der Waals surface area (Å²) >= 11 is 0. The fraction of sp³-hybridized carbons (Fsp3) is 0.462. The zero-order valence-corrected chi connectivity index (χ0v) is 19.7. The monoisotopic (exact) mass is 434 g/mol. The highest BCUT2D eigenvalue weighted by atomic mass is 16.5. The predicted molar refractivity (Wildman–Crippen MR) is 131 cm³/mol. The van der Waals surface area contributed by atoms with Crippen LogP contribution in [0.5, 0.6) is 11.8 Å². The molecule has 0 fully saturated rings. The van der Waals surface area contributed by atoms with Crippen molar-refractivity contribution in [1.29, 1.82) is 0 Å². The number of fused-ring (bicyclic) bond motifs is 2. The van der Waals surface area contributed by atoms with Crippen molar-refractivity contribution in [3.63, 3.8) is 0 Å². The number of hydrogen-bond acceptors (Lipinski definition) is 6. The van der Waals surface area contributed by atoms with Gasteiger partial charge < -0.3 is 19.6 Å². The molecule has 0 unspecified atom stereocenters. The molecule has 3 aromatic rings. The van der Waals surface area contributed by atoms with E-state index in [1.807, 2.05) is 19.1 Å². The Balaban J connectivity index is 1.77. The first kappa shape index (κ1) is 22.2. The number of aryl methyl sites for hydroxylation is 1. The zero-order valence-electron chi connectivity index (χ0n) is 19.7. The van der Waals surface area contributed by atoms with Crippen molar-refractivity contribution in [2.45, 2.75) is 53.5 Å². The maximum atomic E-state index is 10.4. The van der Waals surface area contributed by atoms with Crippen LogP contribution in [0.2, 0.25) is 0 Å². The molecule has 4 rings (SSSR count). The number of hydrogen-bond donors (Lipinski definition) is 1. The largest absolute Gasteiger partial charge is 0.508 e. The Morgan fingerprint density at radius 3 is 2.56 bits per heavy atom. The average molecular weight is 435 g/mol. The Morgan fingerprint density at radius 1 is 1.06 bits per heavy atom. The van der Waals surface area contributed by atoms with Gasteiger partial charge in [-0.25, -0.2) is 0 Å². The lowest BCUT2D eigenvalue weighted by molar-refractivity contribution is 0.310. The number of phenolic OH excluding ortho intramolecular Hbond substituents is 1. The number of nitrogens with zero attached hydrogens (tertiary/aromatic N) is 4.